The van der Waals surface area contributed by atoms with Crippen LogP contribution in [0, 0.1) is 6.92 Å². The maximum Gasteiger partial charge on any atom is 0.451 e. The van der Waals surface area contributed by atoms with Gasteiger partial charge in [-0.2, -0.15) is 23.3 Å². The third kappa shape index (κ3) is 3.94. The molecule has 3 rings (SSSR count). The molecule has 156 valence electrons. The second-order valence-corrected chi connectivity index (χ2v) is 8.08. The molecule has 0 saturated carbocycles. The molecule has 0 aromatic carbocycles. The molecule has 8 nitrogen and oxygen atoms in total. The maximum atomic E-state index is 12.9. The van der Waals surface area contributed by atoms with Gasteiger partial charge >= 0.3 is 6.18 Å². The van der Waals surface area contributed by atoms with Crippen molar-refractivity contribution in [3.8, 4) is 0 Å². The zero-order chi connectivity index (χ0) is 21.7. The summed E-state index contributed by atoms with van der Waals surface area (Å²) in [5.74, 6) is -2.36. The molecular formula is C18H22F3N7O. The summed E-state index contributed by atoms with van der Waals surface area (Å²) in [5.41, 5.74) is 1.67. The topological polar surface area (TPSA) is 101 Å². The van der Waals surface area contributed by atoms with Gasteiger partial charge in [0.15, 0.2) is 5.65 Å². The quantitative estimate of drug-likeness (QED) is 0.681. The molecule has 2 N–H and O–H groups in total. The third-order valence-electron chi connectivity index (χ3n) is 4.28. The lowest BCUT2D eigenvalue weighted by molar-refractivity contribution is -0.144. The van der Waals surface area contributed by atoms with Gasteiger partial charge < -0.3 is 0 Å². The minimum Gasteiger partial charge on any atom is -0.289 e. The lowest BCUT2D eigenvalue weighted by Crippen LogP contribution is -2.24. The Balaban J connectivity index is 2.11. The molecule has 3 aromatic heterocycles. The number of aryl methyl sites for hydroxylation is 1. The number of pyridine rings is 1. The van der Waals surface area contributed by atoms with E-state index in [-0.39, 0.29) is 17.0 Å². The van der Waals surface area contributed by atoms with Crippen LogP contribution in [0.1, 0.15) is 68.1 Å². The van der Waals surface area contributed by atoms with Crippen LogP contribution in [0.5, 0.6) is 0 Å². The molecule has 0 aliphatic carbocycles. The Morgan fingerprint density at radius 2 is 1.86 bits per heavy atom. The number of carbonyl (C=O) groups is 1. The summed E-state index contributed by atoms with van der Waals surface area (Å²) < 4.78 is 39.9. The normalized spacial score (nSPS) is 12.8. The average molecular weight is 409 g/mol. The molecule has 0 aliphatic heterocycles. The van der Waals surface area contributed by atoms with Crippen molar-refractivity contribution in [1.29, 1.82) is 0 Å². The number of halogens is 3. The molecule has 0 radical (unpaired) electrons. The van der Waals surface area contributed by atoms with E-state index in [1.54, 1.807) is 22.8 Å². The SMILES string of the molecule is Cc1nn(C(C)(C)C)c2nc(C(C)C)cc(C(=O)Nc3n[nH]c(C(F)(F)F)n3)c12. The molecule has 11 heteroatoms. The number of carbonyl (C=O) groups excluding carboxylic acids is 1. The zero-order valence-electron chi connectivity index (χ0n) is 16.9. The maximum absolute atomic E-state index is 12.9. The molecular weight excluding hydrogens is 387 g/mol. The van der Waals surface area contributed by atoms with Crippen molar-refractivity contribution in [3.63, 3.8) is 0 Å². The number of rotatable bonds is 3. The largest absolute Gasteiger partial charge is 0.451 e. The van der Waals surface area contributed by atoms with Crippen LogP contribution < -0.4 is 5.32 Å². The van der Waals surface area contributed by atoms with E-state index >= 15 is 0 Å². The Labute approximate surface area is 164 Å². The van der Waals surface area contributed by atoms with Crippen molar-refractivity contribution < 1.29 is 18.0 Å². The Morgan fingerprint density at radius 1 is 1.21 bits per heavy atom. The predicted molar refractivity (Wildman–Crippen MR) is 101 cm³/mol. The van der Waals surface area contributed by atoms with E-state index in [1.807, 2.05) is 34.6 Å². The second-order valence-electron chi connectivity index (χ2n) is 8.08. The van der Waals surface area contributed by atoms with Crippen LogP contribution >= 0.6 is 0 Å². The van der Waals surface area contributed by atoms with Crippen LogP contribution in [0.15, 0.2) is 6.07 Å². The first-order chi connectivity index (χ1) is 13.3. The number of aromatic amines is 1. The van der Waals surface area contributed by atoms with Crippen LogP contribution in [0.3, 0.4) is 0 Å². The second kappa shape index (κ2) is 6.82. The molecule has 0 aliphatic rings. The summed E-state index contributed by atoms with van der Waals surface area (Å²) in [6.07, 6.45) is -4.69. The number of hydrogen-bond acceptors (Lipinski definition) is 5. The molecule has 29 heavy (non-hydrogen) atoms. The van der Waals surface area contributed by atoms with Crippen molar-refractivity contribution in [2.45, 2.75) is 59.2 Å². The van der Waals surface area contributed by atoms with Gasteiger partial charge in [0.1, 0.15) is 0 Å². The van der Waals surface area contributed by atoms with Gasteiger partial charge in [0.25, 0.3) is 5.91 Å². The lowest BCUT2D eigenvalue weighted by atomic mass is 10.0. The average Bonchev–Trinajstić information content (AvgIpc) is 3.18. The van der Waals surface area contributed by atoms with E-state index in [0.717, 1.165) is 0 Å². The molecule has 3 aromatic rings. The Morgan fingerprint density at radius 3 is 2.38 bits per heavy atom. The van der Waals surface area contributed by atoms with Gasteiger partial charge in [-0.05, 0) is 39.7 Å². The summed E-state index contributed by atoms with van der Waals surface area (Å²) in [5, 5.41) is 12.6. The fourth-order valence-electron chi connectivity index (χ4n) is 2.86. The van der Waals surface area contributed by atoms with Crippen LogP contribution in [0.4, 0.5) is 19.1 Å². The first-order valence-electron chi connectivity index (χ1n) is 9.00. The molecule has 3 heterocycles. The highest BCUT2D eigenvalue weighted by molar-refractivity contribution is 6.12. The monoisotopic (exact) mass is 409 g/mol. The van der Waals surface area contributed by atoms with Gasteiger partial charge in [-0.25, -0.2) is 9.67 Å². The van der Waals surface area contributed by atoms with Gasteiger partial charge in [-0.3, -0.25) is 15.2 Å². The number of hydrogen-bond donors (Lipinski definition) is 2. The van der Waals surface area contributed by atoms with Crippen LogP contribution in [0.25, 0.3) is 11.0 Å². The molecule has 0 saturated heterocycles. The first kappa shape index (κ1) is 20.7. The number of amides is 1. The fraction of sp³-hybridized carbons (Fsp3) is 0.500. The number of nitrogens with one attached hydrogen (secondary N) is 2. The summed E-state index contributed by atoms with van der Waals surface area (Å²) in [6.45, 7) is 11.5. The fourth-order valence-corrected chi connectivity index (χ4v) is 2.86. The number of H-pyrrole nitrogens is 1. The lowest BCUT2D eigenvalue weighted by Gasteiger charge is -2.20. The molecule has 0 unspecified atom stereocenters. The van der Waals surface area contributed by atoms with Gasteiger partial charge in [0, 0.05) is 5.69 Å². The van der Waals surface area contributed by atoms with Crippen molar-refractivity contribution in [2.24, 2.45) is 0 Å². The van der Waals surface area contributed by atoms with E-state index in [9.17, 15) is 18.0 Å². The van der Waals surface area contributed by atoms with Gasteiger partial charge in [-0.15, -0.1) is 5.10 Å². The smallest absolute Gasteiger partial charge is 0.289 e. The highest BCUT2D eigenvalue weighted by atomic mass is 19.4. The van der Waals surface area contributed by atoms with E-state index in [0.29, 0.717) is 22.4 Å². The van der Waals surface area contributed by atoms with E-state index in [4.69, 9.17) is 0 Å². The van der Waals surface area contributed by atoms with Crippen molar-refractivity contribution >= 4 is 22.9 Å². The molecule has 0 spiro atoms. The van der Waals surface area contributed by atoms with Gasteiger partial charge in [0.05, 0.1) is 22.2 Å². The summed E-state index contributed by atoms with van der Waals surface area (Å²) in [4.78, 5) is 20.9. The number of alkyl halides is 3. The van der Waals surface area contributed by atoms with Crippen molar-refractivity contribution in [1.82, 2.24) is 29.9 Å². The summed E-state index contributed by atoms with van der Waals surface area (Å²) >= 11 is 0. The molecule has 0 fully saturated rings. The van der Waals surface area contributed by atoms with E-state index < -0.39 is 23.9 Å². The number of anilines is 1. The number of nitrogens with zero attached hydrogens (tertiary/aromatic N) is 5. The van der Waals surface area contributed by atoms with E-state index in [1.165, 1.54) is 0 Å². The van der Waals surface area contributed by atoms with Gasteiger partial charge in [0.2, 0.25) is 11.8 Å². The van der Waals surface area contributed by atoms with Crippen molar-refractivity contribution in [2.75, 3.05) is 5.32 Å². The predicted octanol–water partition coefficient (Wildman–Crippen LogP) is 4.01. The molecule has 0 atom stereocenters. The van der Waals surface area contributed by atoms with Crippen molar-refractivity contribution in [3.05, 3.63) is 28.8 Å². The Bertz CT molecular complexity index is 1070. The van der Waals surface area contributed by atoms with E-state index in [2.05, 4.69) is 25.5 Å². The number of aromatic nitrogens is 6. The van der Waals surface area contributed by atoms with Gasteiger partial charge in [-0.1, -0.05) is 13.8 Å². The highest BCUT2D eigenvalue weighted by Gasteiger charge is 2.35. The Kier molecular flexibility index (Phi) is 4.88. The third-order valence-corrected chi connectivity index (χ3v) is 4.28. The Hall–Kier alpha value is -2.98. The molecule has 0 bridgehead atoms. The molecule has 1 amide bonds. The zero-order valence-corrected chi connectivity index (χ0v) is 16.9. The highest BCUT2D eigenvalue weighted by Crippen LogP contribution is 2.30. The number of fused-ring (bicyclic) bond motifs is 1. The van der Waals surface area contributed by atoms with Crippen LogP contribution in [0.2, 0.25) is 0 Å². The summed E-state index contributed by atoms with van der Waals surface area (Å²) in [6, 6.07) is 1.63. The van der Waals surface area contributed by atoms with Crippen LogP contribution in [-0.4, -0.2) is 35.9 Å². The summed E-state index contributed by atoms with van der Waals surface area (Å²) in [7, 11) is 0. The first-order valence-corrected chi connectivity index (χ1v) is 9.00. The minimum atomic E-state index is -4.69. The minimum absolute atomic E-state index is 0.0231. The van der Waals surface area contributed by atoms with Crippen LogP contribution in [-0.2, 0) is 11.7 Å². The standard InChI is InChI=1S/C18H22F3N7O/c1-8(2)11-7-10(12-9(3)27-28(13(12)22-11)17(4,5)6)14(29)23-16-24-15(25-26-16)18(19,20)21/h7-8H,1-6H3,(H2,23,24,25,26,29).